The number of aromatic nitrogens is 4. The van der Waals surface area contributed by atoms with Gasteiger partial charge in [0.05, 0.1) is 6.67 Å². The van der Waals surface area contributed by atoms with E-state index in [9.17, 15) is 9.59 Å². The molecule has 25 heavy (non-hydrogen) atoms. The van der Waals surface area contributed by atoms with Crippen LogP contribution in [-0.4, -0.2) is 19.3 Å². The molecule has 0 unspecified atom stereocenters. The lowest BCUT2D eigenvalue weighted by atomic mass is 10.2. The zero-order valence-electron chi connectivity index (χ0n) is 13.6. The first-order chi connectivity index (χ1) is 12.0. The Balaban J connectivity index is 1.70. The van der Waals surface area contributed by atoms with Gasteiger partial charge in [0.1, 0.15) is 6.54 Å². The van der Waals surface area contributed by atoms with Crippen LogP contribution in [0.3, 0.4) is 0 Å². The number of H-pyrrole nitrogens is 1. The Morgan fingerprint density at radius 3 is 2.76 bits per heavy atom. The molecule has 2 aromatic heterocycles. The monoisotopic (exact) mass is 359 g/mol. The van der Waals surface area contributed by atoms with E-state index in [4.69, 9.17) is 16.6 Å². The van der Waals surface area contributed by atoms with Crippen molar-refractivity contribution < 1.29 is 4.42 Å². The molecule has 3 aromatic rings. The predicted molar refractivity (Wildman–Crippen MR) is 93.8 cm³/mol. The van der Waals surface area contributed by atoms with Crippen LogP contribution in [0.1, 0.15) is 17.1 Å². The molecule has 3 rings (SSSR count). The van der Waals surface area contributed by atoms with E-state index in [2.05, 4.69) is 15.4 Å². The third-order valence-electron chi connectivity index (χ3n) is 3.53. The number of hydrogen-bond donors (Lipinski definition) is 2. The summed E-state index contributed by atoms with van der Waals surface area (Å²) in [5, 5.41) is 7.42. The quantitative estimate of drug-likeness (QED) is 0.641. The van der Waals surface area contributed by atoms with Crippen molar-refractivity contribution in [2.45, 2.75) is 26.7 Å². The highest BCUT2D eigenvalue weighted by Crippen LogP contribution is 2.01. The molecule has 0 amide bonds. The molecule has 0 bridgehead atoms. The van der Waals surface area contributed by atoms with E-state index in [1.807, 2.05) is 30.3 Å². The number of rotatable bonds is 6. The van der Waals surface area contributed by atoms with Crippen molar-refractivity contribution in [3.8, 4) is 0 Å². The second-order valence-corrected chi connectivity index (χ2v) is 5.86. The Morgan fingerprint density at radius 2 is 2.04 bits per heavy atom. The van der Waals surface area contributed by atoms with E-state index in [1.54, 1.807) is 6.92 Å². The van der Waals surface area contributed by atoms with Crippen LogP contribution in [0.25, 0.3) is 0 Å². The summed E-state index contributed by atoms with van der Waals surface area (Å²) in [5.74, 6) is 0.197. The Bertz CT molecular complexity index is 1000. The predicted octanol–water partition coefficient (Wildman–Crippen LogP) is 1.16. The average Bonchev–Trinajstić information content (AvgIpc) is 2.92. The molecule has 0 saturated heterocycles. The van der Waals surface area contributed by atoms with Gasteiger partial charge >= 0.3 is 5.69 Å². The summed E-state index contributed by atoms with van der Waals surface area (Å²) in [4.78, 5) is 26.5. The number of aromatic amines is 1. The maximum absolute atomic E-state index is 11.9. The van der Waals surface area contributed by atoms with Gasteiger partial charge in [-0.1, -0.05) is 30.3 Å². The first-order valence-corrected chi connectivity index (χ1v) is 8.06. The van der Waals surface area contributed by atoms with E-state index in [1.165, 1.54) is 10.7 Å². The van der Waals surface area contributed by atoms with Gasteiger partial charge < -0.3 is 9.40 Å². The fraction of sp³-hybridized carbons (Fsp3) is 0.250. The summed E-state index contributed by atoms with van der Waals surface area (Å²) in [7, 11) is 0. The molecule has 2 heterocycles. The zero-order valence-corrected chi connectivity index (χ0v) is 14.4. The maximum atomic E-state index is 11.9. The molecule has 0 aliphatic rings. The van der Waals surface area contributed by atoms with Gasteiger partial charge in [0.2, 0.25) is 5.89 Å². The number of hydrogen-bond acceptors (Lipinski definition) is 6. The molecule has 130 valence electrons. The van der Waals surface area contributed by atoms with Gasteiger partial charge in [-0.05, 0) is 24.7 Å². The summed E-state index contributed by atoms with van der Waals surface area (Å²) in [5.41, 5.74) is 0.709. The summed E-state index contributed by atoms with van der Waals surface area (Å²) < 4.78 is 7.86. The Hall–Kier alpha value is -2.78. The van der Waals surface area contributed by atoms with Crippen molar-refractivity contribution in [1.29, 1.82) is 0 Å². The smallest absolute Gasteiger partial charge is 0.329 e. The average molecular weight is 359 g/mol. The zero-order chi connectivity index (χ0) is 17.8. The molecular weight excluding hydrogens is 342 g/mol. The van der Waals surface area contributed by atoms with E-state index in [0.717, 1.165) is 10.1 Å². The lowest BCUT2D eigenvalue weighted by Gasteiger charge is -2.04. The van der Waals surface area contributed by atoms with Gasteiger partial charge in [-0.25, -0.2) is 9.48 Å². The topological polar surface area (TPSA) is 97.8 Å². The Morgan fingerprint density at radius 1 is 1.28 bits per heavy atom. The number of nitrogens with zero attached hydrogens (tertiary/aromatic N) is 3. The van der Waals surface area contributed by atoms with Gasteiger partial charge in [0, 0.05) is 18.3 Å². The van der Waals surface area contributed by atoms with Crippen molar-refractivity contribution in [1.82, 2.24) is 24.6 Å². The van der Waals surface area contributed by atoms with Crippen LogP contribution in [-0.2, 0) is 19.8 Å². The molecule has 0 radical (unpaired) electrons. The van der Waals surface area contributed by atoms with Crippen LogP contribution in [0, 0.1) is 11.8 Å². The van der Waals surface area contributed by atoms with Crippen molar-refractivity contribution in [3.63, 3.8) is 0 Å². The number of aryl methyl sites for hydroxylation is 1. The van der Waals surface area contributed by atoms with Crippen molar-refractivity contribution >= 4 is 12.2 Å². The standard InChI is InChI=1S/C16H17N5O3S/c1-11-7-14(22)20(15(23)18-11)9-13-19-21(16(25)24-13)10-17-8-12-5-3-2-4-6-12/h2-7,17H,8-10H2,1H3,(H,18,23). The van der Waals surface area contributed by atoms with Crippen LogP contribution in [0.5, 0.6) is 0 Å². The lowest BCUT2D eigenvalue weighted by Crippen LogP contribution is -2.35. The molecule has 0 aliphatic carbocycles. The van der Waals surface area contributed by atoms with Gasteiger partial charge in [0.25, 0.3) is 10.4 Å². The highest BCUT2D eigenvalue weighted by molar-refractivity contribution is 7.71. The van der Waals surface area contributed by atoms with Crippen molar-refractivity contribution in [2.75, 3.05) is 0 Å². The number of nitrogens with one attached hydrogen (secondary N) is 2. The maximum Gasteiger partial charge on any atom is 0.329 e. The molecule has 0 fully saturated rings. The largest absolute Gasteiger partial charge is 0.412 e. The van der Waals surface area contributed by atoms with E-state index >= 15 is 0 Å². The minimum Gasteiger partial charge on any atom is -0.412 e. The van der Waals surface area contributed by atoms with E-state index in [-0.39, 0.29) is 17.3 Å². The Labute approximate surface area is 147 Å². The van der Waals surface area contributed by atoms with Crippen LogP contribution >= 0.6 is 12.2 Å². The van der Waals surface area contributed by atoms with Crippen LogP contribution < -0.4 is 16.6 Å². The molecule has 0 spiro atoms. The third-order valence-corrected chi connectivity index (χ3v) is 3.82. The highest BCUT2D eigenvalue weighted by atomic mass is 32.1. The minimum atomic E-state index is -0.511. The van der Waals surface area contributed by atoms with Crippen LogP contribution in [0.15, 0.2) is 50.4 Å². The van der Waals surface area contributed by atoms with Crippen molar-refractivity contribution in [2.24, 2.45) is 0 Å². The SMILES string of the molecule is Cc1cc(=O)n(Cc2nn(CNCc3ccccc3)c(=S)o2)c(=O)[nH]1. The second kappa shape index (κ2) is 7.41. The summed E-state index contributed by atoms with van der Waals surface area (Å²) >= 11 is 5.13. The summed E-state index contributed by atoms with van der Waals surface area (Å²) in [6.45, 7) is 2.58. The van der Waals surface area contributed by atoms with Gasteiger partial charge in [-0.3, -0.25) is 14.7 Å². The minimum absolute atomic E-state index is 0.0796. The fourth-order valence-electron chi connectivity index (χ4n) is 2.34. The third kappa shape index (κ3) is 4.20. The van der Waals surface area contributed by atoms with Gasteiger partial charge in [-0.15, -0.1) is 5.10 Å². The summed E-state index contributed by atoms with van der Waals surface area (Å²) in [6, 6.07) is 11.3. The highest BCUT2D eigenvalue weighted by Gasteiger charge is 2.10. The molecule has 1 aromatic carbocycles. The van der Waals surface area contributed by atoms with Gasteiger partial charge in [0.15, 0.2) is 0 Å². The van der Waals surface area contributed by atoms with Gasteiger partial charge in [-0.2, -0.15) is 0 Å². The molecule has 0 atom stereocenters. The van der Waals surface area contributed by atoms with Crippen LogP contribution in [0.2, 0.25) is 0 Å². The van der Waals surface area contributed by atoms with Crippen molar-refractivity contribution in [3.05, 3.63) is 79.2 Å². The van der Waals surface area contributed by atoms with E-state index < -0.39 is 11.2 Å². The molecule has 0 saturated carbocycles. The molecule has 8 nitrogen and oxygen atoms in total. The normalized spacial score (nSPS) is 10.9. The lowest BCUT2D eigenvalue weighted by molar-refractivity contribution is 0.443. The molecule has 9 heteroatoms. The van der Waals surface area contributed by atoms with E-state index in [0.29, 0.717) is 18.9 Å². The molecular formula is C16H17N5O3S. The molecule has 2 N–H and O–H groups in total. The fourth-order valence-corrected chi connectivity index (χ4v) is 2.54. The first-order valence-electron chi connectivity index (χ1n) is 7.65. The second-order valence-electron chi connectivity index (χ2n) is 5.51. The van der Waals surface area contributed by atoms with Crippen LogP contribution in [0.4, 0.5) is 0 Å². The molecule has 0 aliphatic heterocycles. The Kier molecular flexibility index (Phi) is 5.05. The number of benzene rings is 1. The summed E-state index contributed by atoms with van der Waals surface area (Å²) in [6.07, 6.45) is 0. The first kappa shape index (κ1) is 17.1.